The molecule has 8 nitrogen and oxygen atoms in total. The lowest BCUT2D eigenvalue weighted by molar-refractivity contribution is -0.870. The number of rotatable bonds is 49. The third-order valence-electron chi connectivity index (χ3n) is 12.1. The minimum Gasteiger partial charge on any atom is -0.387 e. The number of unbranched alkanes of at least 4 members (excludes halogenated alkanes) is 32. The Labute approximate surface area is 391 Å². The van der Waals surface area contributed by atoms with Gasteiger partial charge in [-0.2, -0.15) is 0 Å². The van der Waals surface area contributed by atoms with Crippen molar-refractivity contribution >= 4 is 13.7 Å². The molecule has 63 heavy (non-hydrogen) atoms. The SMILES string of the molecule is CCCCCCCCCCCCCCCCCCCCC/C=C/CC/C=C/CC/C=C/C(O)C(COP(=O)(O)OCC[N+](C)(C)C)NC(=O)CCCCCCCCCCCCCC. The average Bonchev–Trinajstić information content (AvgIpc) is 3.24. The van der Waals surface area contributed by atoms with Crippen molar-refractivity contribution in [2.45, 2.75) is 264 Å². The maximum Gasteiger partial charge on any atom is 0.472 e. The number of aliphatic hydroxyl groups excluding tert-OH is 1. The molecular weight excluding hydrogens is 804 g/mol. The van der Waals surface area contributed by atoms with Gasteiger partial charge < -0.3 is 19.8 Å². The summed E-state index contributed by atoms with van der Waals surface area (Å²) in [6.07, 6.45) is 58.3. The number of phosphoric acid groups is 1. The fourth-order valence-electron chi connectivity index (χ4n) is 7.84. The quantitative estimate of drug-likeness (QED) is 0.0243. The zero-order valence-corrected chi connectivity index (χ0v) is 43.2. The lowest BCUT2D eigenvalue weighted by atomic mass is 10.0. The van der Waals surface area contributed by atoms with Crippen molar-refractivity contribution in [3.05, 3.63) is 36.5 Å². The summed E-state index contributed by atoms with van der Waals surface area (Å²) in [7, 11) is 1.55. The summed E-state index contributed by atoms with van der Waals surface area (Å²) < 4.78 is 23.6. The van der Waals surface area contributed by atoms with Crippen LogP contribution in [0.25, 0.3) is 0 Å². The molecule has 0 bridgehead atoms. The van der Waals surface area contributed by atoms with E-state index in [2.05, 4.69) is 43.5 Å². The molecule has 3 atom stereocenters. The summed E-state index contributed by atoms with van der Waals surface area (Å²) in [5.41, 5.74) is 0. The fraction of sp³-hybridized carbons (Fsp3) is 0.870. The molecule has 3 N–H and O–H groups in total. The third-order valence-corrected chi connectivity index (χ3v) is 13.1. The van der Waals surface area contributed by atoms with E-state index < -0.39 is 20.0 Å². The molecule has 0 saturated heterocycles. The molecule has 0 spiro atoms. The maximum atomic E-state index is 12.9. The van der Waals surface area contributed by atoms with Gasteiger partial charge in [0.1, 0.15) is 13.2 Å². The first-order chi connectivity index (χ1) is 30.5. The van der Waals surface area contributed by atoms with Gasteiger partial charge in [-0.3, -0.25) is 13.8 Å². The van der Waals surface area contributed by atoms with Crippen LogP contribution in [0.15, 0.2) is 36.5 Å². The van der Waals surface area contributed by atoms with Gasteiger partial charge in [-0.05, 0) is 44.9 Å². The Morgan fingerprint density at radius 3 is 1.27 bits per heavy atom. The highest BCUT2D eigenvalue weighted by molar-refractivity contribution is 7.47. The molecule has 0 rings (SSSR count). The largest absolute Gasteiger partial charge is 0.472 e. The second-order valence-electron chi connectivity index (χ2n) is 19.6. The number of carbonyl (C=O) groups is 1. The highest BCUT2D eigenvalue weighted by atomic mass is 31.2. The number of amides is 1. The van der Waals surface area contributed by atoms with Crippen molar-refractivity contribution < 1.29 is 32.9 Å². The van der Waals surface area contributed by atoms with Crippen LogP contribution in [0, 0.1) is 0 Å². The van der Waals surface area contributed by atoms with Gasteiger partial charge >= 0.3 is 7.82 Å². The van der Waals surface area contributed by atoms with Crippen LogP contribution < -0.4 is 5.32 Å². The number of quaternary nitrogens is 1. The topological polar surface area (TPSA) is 105 Å². The van der Waals surface area contributed by atoms with E-state index in [-0.39, 0.29) is 19.1 Å². The normalized spacial score (nSPS) is 14.3. The minimum atomic E-state index is -4.35. The first kappa shape index (κ1) is 61.7. The summed E-state index contributed by atoms with van der Waals surface area (Å²) in [6, 6.07) is -0.866. The molecule has 0 radical (unpaired) electrons. The zero-order chi connectivity index (χ0) is 46.4. The van der Waals surface area contributed by atoms with E-state index in [4.69, 9.17) is 9.05 Å². The number of phosphoric ester groups is 1. The average molecular weight is 910 g/mol. The van der Waals surface area contributed by atoms with Gasteiger partial charge in [0.2, 0.25) is 5.91 Å². The van der Waals surface area contributed by atoms with Crippen LogP contribution in [0.3, 0.4) is 0 Å². The molecule has 0 aliphatic heterocycles. The standard InChI is InChI=1S/C54H105N2O6P/c1-6-8-10-12-14-16-18-20-21-22-23-24-25-26-27-28-29-30-31-32-33-34-35-36-37-39-41-43-45-47-53(57)52(51-62-63(59,60)61-50-49-56(3,4)5)55-54(58)48-46-44-42-40-38-19-17-15-13-11-9-7-2/h33-34,37,39,45,47,52-53,57H,6-32,35-36,38,40-44,46,48-51H2,1-5H3,(H-,55,58,59,60)/p+1/b34-33+,39-37+,47-45+. The molecule has 0 fully saturated rings. The highest BCUT2D eigenvalue weighted by Crippen LogP contribution is 2.43. The molecule has 372 valence electrons. The van der Waals surface area contributed by atoms with E-state index in [1.165, 1.54) is 186 Å². The van der Waals surface area contributed by atoms with Gasteiger partial charge in [-0.25, -0.2) is 4.57 Å². The molecule has 1 amide bonds. The molecule has 0 heterocycles. The molecule has 0 aromatic rings. The van der Waals surface area contributed by atoms with Gasteiger partial charge in [0.05, 0.1) is 39.9 Å². The molecular formula is C54H106N2O6P+. The van der Waals surface area contributed by atoms with Crippen LogP contribution in [-0.2, 0) is 18.4 Å². The second kappa shape index (κ2) is 45.9. The van der Waals surface area contributed by atoms with Crippen molar-refractivity contribution in [3.63, 3.8) is 0 Å². The smallest absolute Gasteiger partial charge is 0.387 e. The summed E-state index contributed by atoms with van der Waals surface area (Å²) in [5.74, 6) is -0.190. The predicted octanol–water partition coefficient (Wildman–Crippen LogP) is 15.8. The van der Waals surface area contributed by atoms with Crippen LogP contribution >= 0.6 is 7.82 Å². The van der Waals surface area contributed by atoms with Crippen LogP contribution in [0.5, 0.6) is 0 Å². The lowest BCUT2D eigenvalue weighted by Gasteiger charge is -2.25. The molecule has 3 unspecified atom stereocenters. The van der Waals surface area contributed by atoms with E-state index in [0.29, 0.717) is 17.4 Å². The number of nitrogens with zero attached hydrogens (tertiary/aromatic N) is 1. The predicted molar refractivity (Wildman–Crippen MR) is 272 cm³/mol. The molecule has 0 aromatic heterocycles. The minimum absolute atomic E-state index is 0.0547. The summed E-state index contributed by atoms with van der Waals surface area (Å²) >= 11 is 0. The molecule has 0 saturated carbocycles. The van der Waals surface area contributed by atoms with Crippen LogP contribution in [-0.4, -0.2) is 73.4 Å². The summed E-state index contributed by atoms with van der Waals surface area (Å²) in [5, 5.41) is 13.8. The summed E-state index contributed by atoms with van der Waals surface area (Å²) in [4.78, 5) is 23.1. The van der Waals surface area contributed by atoms with Crippen LogP contribution in [0.1, 0.15) is 251 Å². The fourth-order valence-corrected chi connectivity index (χ4v) is 8.58. The lowest BCUT2D eigenvalue weighted by Crippen LogP contribution is -2.45. The number of allylic oxidation sites excluding steroid dienone is 5. The van der Waals surface area contributed by atoms with Gasteiger partial charge in [0.15, 0.2) is 0 Å². The molecule has 0 aliphatic carbocycles. The number of aliphatic hydroxyl groups is 1. The van der Waals surface area contributed by atoms with Gasteiger partial charge in [0.25, 0.3) is 0 Å². The Balaban J connectivity index is 4.21. The van der Waals surface area contributed by atoms with E-state index in [9.17, 15) is 19.4 Å². The molecule has 9 heteroatoms. The van der Waals surface area contributed by atoms with E-state index in [0.717, 1.165) is 44.9 Å². The Morgan fingerprint density at radius 1 is 0.524 bits per heavy atom. The second-order valence-corrected chi connectivity index (χ2v) is 21.0. The van der Waals surface area contributed by atoms with Gasteiger partial charge in [-0.15, -0.1) is 0 Å². The van der Waals surface area contributed by atoms with Crippen molar-refractivity contribution in [2.75, 3.05) is 40.9 Å². The van der Waals surface area contributed by atoms with Gasteiger partial charge in [-0.1, -0.05) is 237 Å². The number of nitrogens with one attached hydrogen (secondary N) is 1. The summed E-state index contributed by atoms with van der Waals surface area (Å²) in [6.45, 7) is 4.80. The van der Waals surface area contributed by atoms with E-state index in [1.54, 1.807) is 6.08 Å². The Kier molecular flexibility index (Phi) is 44.9. The van der Waals surface area contributed by atoms with Crippen molar-refractivity contribution in [2.24, 2.45) is 0 Å². The number of hydrogen-bond donors (Lipinski definition) is 3. The van der Waals surface area contributed by atoms with Crippen LogP contribution in [0.4, 0.5) is 0 Å². The number of likely N-dealkylation sites (N-methyl/N-ethyl adjacent to an activating group) is 1. The van der Waals surface area contributed by atoms with Gasteiger partial charge in [0, 0.05) is 6.42 Å². The Bertz CT molecular complexity index is 1120. The van der Waals surface area contributed by atoms with Crippen LogP contribution in [0.2, 0.25) is 0 Å². The first-order valence-electron chi connectivity index (χ1n) is 26.9. The highest BCUT2D eigenvalue weighted by Gasteiger charge is 2.27. The first-order valence-corrected chi connectivity index (χ1v) is 28.4. The number of carbonyl (C=O) groups excluding carboxylic acids is 1. The van der Waals surface area contributed by atoms with Crippen molar-refractivity contribution in [1.82, 2.24) is 5.32 Å². The number of hydrogen-bond acceptors (Lipinski definition) is 5. The molecule has 0 aromatic carbocycles. The van der Waals surface area contributed by atoms with E-state index >= 15 is 0 Å². The molecule has 0 aliphatic rings. The van der Waals surface area contributed by atoms with Crippen molar-refractivity contribution in [1.29, 1.82) is 0 Å². The monoisotopic (exact) mass is 910 g/mol. The van der Waals surface area contributed by atoms with E-state index in [1.807, 2.05) is 27.2 Å². The van der Waals surface area contributed by atoms with Crippen molar-refractivity contribution in [3.8, 4) is 0 Å². The third kappa shape index (κ3) is 48.5. The Morgan fingerprint density at radius 2 is 0.873 bits per heavy atom. The Hall–Kier alpha value is -1.28. The maximum absolute atomic E-state index is 12.9. The zero-order valence-electron chi connectivity index (χ0n) is 42.3.